The zero-order valence-corrected chi connectivity index (χ0v) is 5.63. The van der Waals surface area contributed by atoms with E-state index in [-0.39, 0.29) is 0 Å². The van der Waals surface area contributed by atoms with Crippen molar-refractivity contribution in [3.63, 3.8) is 0 Å². The fourth-order valence-electron chi connectivity index (χ4n) is 0.345. The summed E-state index contributed by atoms with van der Waals surface area (Å²) in [5, 5.41) is 3.83. The Labute approximate surface area is 50.1 Å². The first-order valence-electron chi connectivity index (χ1n) is 2.83. The highest BCUT2D eigenvalue weighted by molar-refractivity contribution is 4.75. The SMILES string of the molecule is CC.Cn1cccn1. The summed E-state index contributed by atoms with van der Waals surface area (Å²) in [7, 11) is 1.89. The highest BCUT2D eigenvalue weighted by Crippen LogP contribution is 1.73. The Hall–Kier alpha value is -0.790. The van der Waals surface area contributed by atoms with E-state index < -0.39 is 0 Å². The van der Waals surface area contributed by atoms with Gasteiger partial charge in [0, 0.05) is 19.4 Å². The van der Waals surface area contributed by atoms with Gasteiger partial charge in [0.2, 0.25) is 0 Å². The van der Waals surface area contributed by atoms with Crippen LogP contribution in [0.25, 0.3) is 0 Å². The zero-order valence-electron chi connectivity index (χ0n) is 5.63. The zero-order chi connectivity index (χ0) is 6.41. The lowest BCUT2D eigenvalue weighted by molar-refractivity contribution is 0.768. The van der Waals surface area contributed by atoms with Crippen LogP contribution in [0.4, 0.5) is 0 Å². The molecule has 0 unspecified atom stereocenters. The lowest BCUT2D eigenvalue weighted by Crippen LogP contribution is -1.83. The molecule has 0 aliphatic rings. The Morgan fingerprint density at radius 3 is 2.12 bits per heavy atom. The maximum Gasteiger partial charge on any atom is 0.0489 e. The van der Waals surface area contributed by atoms with Crippen LogP contribution in [0.3, 0.4) is 0 Å². The molecule has 46 valence electrons. The molecule has 0 atom stereocenters. The highest BCUT2D eigenvalue weighted by Gasteiger charge is 1.69. The molecule has 1 aromatic rings. The van der Waals surface area contributed by atoms with Crippen molar-refractivity contribution in [3.8, 4) is 0 Å². The van der Waals surface area contributed by atoms with Gasteiger partial charge in [0.25, 0.3) is 0 Å². The van der Waals surface area contributed by atoms with E-state index in [9.17, 15) is 0 Å². The average Bonchev–Trinajstić information content (AvgIpc) is 2.24. The number of hydrogen-bond acceptors (Lipinski definition) is 1. The molecule has 0 saturated heterocycles. The minimum atomic E-state index is 1.75. The second kappa shape index (κ2) is 4.37. The van der Waals surface area contributed by atoms with Gasteiger partial charge in [0.05, 0.1) is 0 Å². The van der Waals surface area contributed by atoms with E-state index in [2.05, 4.69) is 5.10 Å². The summed E-state index contributed by atoms with van der Waals surface area (Å²) < 4.78 is 1.75. The molecular formula is C6H12N2. The van der Waals surface area contributed by atoms with Crippen molar-refractivity contribution in [2.24, 2.45) is 7.05 Å². The normalized spacial score (nSPS) is 7.38. The molecule has 8 heavy (non-hydrogen) atoms. The molecule has 0 radical (unpaired) electrons. The molecular weight excluding hydrogens is 100 g/mol. The van der Waals surface area contributed by atoms with Gasteiger partial charge >= 0.3 is 0 Å². The average molecular weight is 112 g/mol. The predicted molar refractivity (Wildman–Crippen MR) is 34.6 cm³/mol. The summed E-state index contributed by atoms with van der Waals surface area (Å²) in [4.78, 5) is 0. The van der Waals surface area contributed by atoms with E-state index in [4.69, 9.17) is 0 Å². The van der Waals surface area contributed by atoms with E-state index >= 15 is 0 Å². The molecule has 1 aromatic heterocycles. The highest BCUT2D eigenvalue weighted by atomic mass is 15.2. The Morgan fingerprint density at radius 1 is 1.38 bits per heavy atom. The van der Waals surface area contributed by atoms with Gasteiger partial charge in [-0.15, -0.1) is 0 Å². The van der Waals surface area contributed by atoms with Gasteiger partial charge in [-0.05, 0) is 6.07 Å². The van der Waals surface area contributed by atoms with Crippen LogP contribution in [0.1, 0.15) is 13.8 Å². The van der Waals surface area contributed by atoms with Crippen LogP contribution < -0.4 is 0 Å². The van der Waals surface area contributed by atoms with E-state index in [1.807, 2.05) is 33.2 Å². The standard InChI is InChI=1S/C4H6N2.C2H6/c1-6-4-2-3-5-6;1-2/h2-4H,1H3;1-2H3. The largest absolute Gasteiger partial charge is 0.276 e. The summed E-state index contributed by atoms with van der Waals surface area (Å²) in [5.74, 6) is 0. The number of aromatic nitrogens is 2. The van der Waals surface area contributed by atoms with E-state index in [1.165, 1.54) is 0 Å². The van der Waals surface area contributed by atoms with E-state index in [0.717, 1.165) is 0 Å². The second-order valence-corrected chi connectivity index (χ2v) is 1.18. The van der Waals surface area contributed by atoms with Crippen LogP contribution >= 0.6 is 0 Å². The molecule has 0 amide bonds. The monoisotopic (exact) mass is 112 g/mol. The third-order valence-corrected chi connectivity index (χ3v) is 0.637. The third-order valence-electron chi connectivity index (χ3n) is 0.637. The fourth-order valence-corrected chi connectivity index (χ4v) is 0.345. The van der Waals surface area contributed by atoms with E-state index in [1.54, 1.807) is 10.9 Å². The number of aryl methyl sites for hydroxylation is 1. The molecule has 0 aliphatic carbocycles. The van der Waals surface area contributed by atoms with Gasteiger partial charge in [-0.1, -0.05) is 13.8 Å². The summed E-state index contributed by atoms with van der Waals surface area (Å²) in [6.45, 7) is 4.00. The predicted octanol–water partition coefficient (Wildman–Crippen LogP) is 1.45. The molecule has 1 rings (SSSR count). The van der Waals surface area contributed by atoms with Gasteiger partial charge in [-0.3, -0.25) is 4.68 Å². The summed E-state index contributed by atoms with van der Waals surface area (Å²) in [6.07, 6.45) is 3.64. The minimum absolute atomic E-state index is 1.75. The lowest BCUT2D eigenvalue weighted by atomic mass is 10.8. The van der Waals surface area contributed by atoms with Crippen LogP contribution in [0.2, 0.25) is 0 Å². The quantitative estimate of drug-likeness (QED) is 0.496. The summed E-state index contributed by atoms with van der Waals surface area (Å²) in [5.41, 5.74) is 0. The molecule has 0 aliphatic heterocycles. The Balaban J connectivity index is 0.000000222. The molecule has 0 bridgehead atoms. The molecule has 1 heterocycles. The van der Waals surface area contributed by atoms with Gasteiger partial charge in [-0.25, -0.2) is 0 Å². The molecule has 0 fully saturated rings. The van der Waals surface area contributed by atoms with Crippen molar-refractivity contribution in [3.05, 3.63) is 18.5 Å². The van der Waals surface area contributed by atoms with Crippen LogP contribution in [0, 0.1) is 0 Å². The maximum absolute atomic E-state index is 3.83. The minimum Gasteiger partial charge on any atom is -0.276 e. The molecule has 0 aromatic carbocycles. The third kappa shape index (κ3) is 2.39. The van der Waals surface area contributed by atoms with Gasteiger partial charge < -0.3 is 0 Å². The van der Waals surface area contributed by atoms with Crippen molar-refractivity contribution in [2.75, 3.05) is 0 Å². The molecule has 2 nitrogen and oxygen atoms in total. The first-order chi connectivity index (χ1) is 3.89. The number of rotatable bonds is 0. The van der Waals surface area contributed by atoms with Crippen LogP contribution in [0.15, 0.2) is 18.5 Å². The van der Waals surface area contributed by atoms with Crippen molar-refractivity contribution >= 4 is 0 Å². The van der Waals surface area contributed by atoms with E-state index in [0.29, 0.717) is 0 Å². The molecule has 0 saturated carbocycles. The van der Waals surface area contributed by atoms with Crippen molar-refractivity contribution < 1.29 is 0 Å². The summed E-state index contributed by atoms with van der Waals surface area (Å²) in [6, 6.07) is 1.89. The Morgan fingerprint density at radius 2 is 2.00 bits per heavy atom. The topological polar surface area (TPSA) is 17.8 Å². The maximum atomic E-state index is 3.83. The molecule has 2 heteroatoms. The first kappa shape index (κ1) is 7.21. The first-order valence-corrected chi connectivity index (χ1v) is 2.83. The van der Waals surface area contributed by atoms with Crippen molar-refractivity contribution in [1.82, 2.24) is 9.78 Å². The van der Waals surface area contributed by atoms with Gasteiger partial charge in [0.1, 0.15) is 0 Å². The smallest absolute Gasteiger partial charge is 0.0489 e. The Kier molecular flexibility index (Phi) is 3.94. The lowest BCUT2D eigenvalue weighted by Gasteiger charge is -1.77. The van der Waals surface area contributed by atoms with Crippen LogP contribution in [-0.2, 0) is 7.05 Å². The van der Waals surface area contributed by atoms with Gasteiger partial charge in [0.15, 0.2) is 0 Å². The van der Waals surface area contributed by atoms with Gasteiger partial charge in [-0.2, -0.15) is 5.10 Å². The number of hydrogen-bond donors (Lipinski definition) is 0. The molecule has 0 N–H and O–H groups in total. The van der Waals surface area contributed by atoms with Crippen LogP contribution in [-0.4, -0.2) is 9.78 Å². The van der Waals surface area contributed by atoms with Crippen molar-refractivity contribution in [2.45, 2.75) is 13.8 Å². The number of nitrogens with zero attached hydrogens (tertiary/aromatic N) is 2. The summed E-state index contributed by atoms with van der Waals surface area (Å²) >= 11 is 0. The Bertz CT molecular complexity index is 110. The van der Waals surface area contributed by atoms with Crippen LogP contribution in [0.5, 0.6) is 0 Å². The molecule has 0 spiro atoms. The van der Waals surface area contributed by atoms with Crippen molar-refractivity contribution in [1.29, 1.82) is 0 Å². The second-order valence-electron chi connectivity index (χ2n) is 1.18. The fraction of sp³-hybridized carbons (Fsp3) is 0.500.